The van der Waals surface area contributed by atoms with Gasteiger partial charge in [-0.25, -0.2) is 9.78 Å². The number of nitrogens with zero attached hydrogens (tertiary/aromatic N) is 5. The zero-order valence-corrected chi connectivity index (χ0v) is 19.3. The van der Waals surface area contributed by atoms with Gasteiger partial charge in [0.25, 0.3) is 0 Å². The van der Waals surface area contributed by atoms with Crippen LogP contribution in [0.1, 0.15) is 52.1 Å². The third-order valence-electron chi connectivity index (χ3n) is 5.50. The molecule has 0 bridgehead atoms. The van der Waals surface area contributed by atoms with Crippen molar-refractivity contribution in [2.24, 2.45) is 0 Å². The Kier molecular flexibility index (Phi) is 6.03. The van der Waals surface area contributed by atoms with Crippen molar-refractivity contribution in [3.05, 3.63) is 48.0 Å². The molecule has 33 heavy (non-hydrogen) atoms. The maximum absolute atomic E-state index is 12.1. The van der Waals surface area contributed by atoms with Gasteiger partial charge in [-0.05, 0) is 37.0 Å². The Balaban J connectivity index is 1.51. The lowest BCUT2D eigenvalue weighted by Gasteiger charge is -2.22. The van der Waals surface area contributed by atoms with Gasteiger partial charge in [-0.1, -0.05) is 44.1 Å². The van der Waals surface area contributed by atoms with E-state index in [9.17, 15) is 9.90 Å². The summed E-state index contributed by atoms with van der Waals surface area (Å²) in [6.45, 7) is 10.0. The van der Waals surface area contributed by atoms with E-state index >= 15 is 0 Å². The first-order valence-corrected chi connectivity index (χ1v) is 10.8. The molecule has 3 atom stereocenters. The molecule has 0 spiro atoms. The lowest BCUT2D eigenvalue weighted by molar-refractivity contribution is 0.142. The first-order chi connectivity index (χ1) is 15.6. The molecule has 0 aliphatic carbocycles. The number of nitrogens with one attached hydrogen (secondary N) is 1. The van der Waals surface area contributed by atoms with Gasteiger partial charge < -0.3 is 19.7 Å². The van der Waals surface area contributed by atoms with Gasteiger partial charge in [-0.3, -0.25) is 4.90 Å². The highest BCUT2D eigenvalue weighted by molar-refractivity contribution is 5.89. The smallest absolute Gasteiger partial charge is 0.416 e. The summed E-state index contributed by atoms with van der Waals surface area (Å²) in [5, 5.41) is 17.2. The predicted octanol–water partition coefficient (Wildman–Crippen LogP) is 3.70. The van der Waals surface area contributed by atoms with Crippen molar-refractivity contribution in [1.82, 2.24) is 20.1 Å². The first-order valence-electron chi connectivity index (χ1n) is 10.8. The molecule has 174 valence electrons. The molecule has 0 radical (unpaired) electrons. The second-order valence-corrected chi connectivity index (χ2v) is 9.15. The molecule has 3 heterocycles. The monoisotopic (exact) mass is 452 g/mol. The molecule has 2 N–H and O–H groups in total. The largest absolute Gasteiger partial charge is 0.447 e. The molecule has 0 saturated carbocycles. The molecule has 2 aromatic heterocycles. The van der Waals surface area contributed by atoms with Gasteiger partial charge in [0, 0.05) is 11.8 Å². The molecule has 1 aliphatic rings. The number of rotatable bonds is 6. The van der Waals surface area contributed by atoms with Crippen LogP contribution in [0.15, 0.2) is 41.1 Å². The van der Waals surface area contributed by atoms with Crippen LogP contribution < -0.4 is 10.2 Å². The molecule has 10 heteroatoms. The fourth-order valence-corrected chi connectivity index (χ4v) is 3.52. The van der Waals surface area contributed by atoms with E-state index in [1.165, 1.54) is 16.7 Å². The second-order valence-electron chi connectivity index (χ2n) is 9.15. The van der Waals surface area contributed by atoms with Crippen molar-refractivity contribution in [2.75, 3.05) is 16.8 Å². The number of aliphatic hydroxyl groups is 1. The van der Waals surface area contributed by atoms with Gasteiger partial charge in [-0.2, -0.15) is 9.97 Å². The van der Waals surface area contributed by atoms with Gasteiger partial charge in [-0.15, -0.1) is 0 Å². The number of hydrogen-bond donors (Lipinski definition) is 2. The van der Waals surface area contributed by atoms with Gasteiger partial charge >= 0.3 is 6.09 Å². The van der Waals surface area contributed by atoms with Crippen molar-refractivity contribution in [2.45, 2.75) is 58.2 Å². The number of amides is 1. The summed E-state index contributed by atoms with van der Waals surface area (Å²) in [7, 11) is 0. The van der Waals surface area contributed by atoms with Crippen LogP contribution >= 0.6 is 0 Å². The number of carbonyl (C=O) groups is 1. The number of cyclic esters (lactones) is 1. The number of ether oxygens (including phenoxy) is 1. The van der Waals surface area contributed by atoms with Crippen molar-refractivity contribution < 1.29 is 19.2 Å². The standard InChI is InChI=1S/C23H28N6O4/c1-13(20-27-19(28-33-20)15-7-6-8-16(11-15)23(3,4)5)25-21-24-10-9-18(26-21)29-17(14(2)30)12-32-22(29)31/h6-11,13-14,17,30H,12H2,1-5H3,(H,24,25,26)/t13-,14+,17?/m0/s1. The van der Waals surface area contributed by atoms with Crippen LogP contribution in [-0.2, 0) is 10.2 Å². The molecule has 1 amide bonds. The van der Waals surface area contributed by atoms with E-state index in [4.69, 9.17) is 9.26 Å². The van der Waals surface area contributed by atoms with Crippen molar-refractivity contribution >= 4 is 17.9 Å². The van der Waals surface area contributed by atoms with E-state index in [0.717, 1.165) is 5.56 Å². The van der Waals surface area contributed by atoms with Crippen LogP contribution in [0.3, 0.4) is 0 Å². The van der Waals surface area contributed by atoms with Crippen molar-refractivity contribution in [3.63, 3.8) is 0 Å². The van der Waals surface area contributed by atoms with Crippen LogP contribution in [0.4, 0.5) is 16.6 Å². The summed E-state index contributed by atoms with van der Waals surface area (Å²) in [4.78, 5) is 26.6. The molecule has 4 rings (SSSR count). The Morgan fingerprint density at radius 3 is 2.73 bits per heavy atom. The Labute approximate surface area is 192 Å². The number of aliphatic hydroxyl groups excluding tert-OH is 1. The summed E-state index contributed by atoms with van der Waals surface area (Å²) >= 11 is 0. The van der Waals surface area contributed by atoms with E-state index in [0.29, 0.717) is 17.5 Å². The lowest BCUT2D eigenvalue weighted by Crippen LogP contribution is -2.41. The van der Waals surface area contributed by atoms with Gasteiger partial charge in [0.2, 0.25) is 17.7 Å². The van der Waals surface area contributed by atoms with Gasteiger partial charge in [0.05, 0.1) is 6.10 Å². The molecule has 1 aromatic carbocycles. The lowest BCUT2D eigenvalue weighted by atomic mass is 9.86. The fraction of sp³-hybridized carbons (Fsp3) is 0.435. The van der Waals surface area contributed by atoms with Crippen LogP contribution in [0, 0.1) is 0 Å². The average Bonchev–Trinajstić information content (AvgIpc) is 3.41. The molecule has 3 aromatic rings. The van der Waals surface area contributed by atoms with Crippen LogP contribution in [0.5, 0.6) is 0 Å². The third-order valence-corrected chi connectivity index (χ3v) is 5.50. The minimum atomic E-state index is -0.768. The van der Waals surface area contributed by atoms with Gasteiger partial charge in [0.1, 0.15) is 24.5 Å². The third kappa shape index (κ3) is 4.80. The highest BCUT2D eigenvalue weighted by Gasteiger charge is 2.38. The Morgan fingerprint density at radius 2 is 2.00 bits per heavy atom. The van der Waals surface area contributed by atoms with Crippen molar-refractivity contribution in [1.29, 1.82) is 0 Å². The normalized spacial score (nSPS) is 18.2. The second kappa shape index (κ2) is 8.78. The van der Waals surface area contributed by atoms with E-state index < -0.39 is 18.2 Å². The Bertz CT molecular complexity index is 1140. The predicted molar refractivity (Wildman–Crippen MR) is 122 cm³/mol. The van der Waals surface area contributed by atoms with E-state index in [1.54, 1.807) is 13.0 Å². The topological polar surface area (TPSA) is 127 Å². The maximum Gasteiger partial charge on any atom is 0.416 e. The summed E-state index contributed by atoms with van der Waals surface area (Å²) in [5.41, 5.74) is 2.06. The van der Waals surface area contributed by atoms with E-state index in [1.807, 2.05) is 19.1 Å². The molecule has 1 fully saturated rings. The fourth-order valence-electron chi connectivity index (χ4n) is 3.52. The number of anilines is 2. The highest BCUT2D eigenvalue weighted by atomic mass is 16.6. The first kappa shape index (κ1) is 22.7. The Hall–Kier alpha value is -3.53. The van der Waals surface area contributed by atoms with Crippen LogP contribution in [0.25, 0.3) is 11.4 Å². The van der Waals surface area contributed by atoms with E-state index in [2.05, 4.69) is 58.3 Å². The molecule has 1 aliphatic heterocycles. The summed E-state index contributed by atoms with van der Waals surface area (Å²) < 4.78 is 10.5. The zero-order chi connectivity index (χ0) is 23.8. The number of benzene rings is 1. The summed E-state index contributed by atoms with van der Waals surface area (Å²) in [6, 6.07) is 8.76. The van der Waals surface area contributed by atoms with Crippen LogP contribution in [0.2, 0.25) is 0 Å². The molecule has 1 saturated heterocycles. The minimum absolute atomic E-state index is 0.00830. The SMILES string of the molecule is C[C@H](Nc1nccc(N2C(=O)OCC2[C@@H](C)O)n1)c1nc(-c2cccc(C(C)(C)C)c2)no1. The molecular formula is C23H28N6O4. The number of hydrogen-bond acceptors (Lipinski definition) is 9. The molecule has 10 nitrogen and oxygen atoms in total. The number of carbonyl (C=O) groups excluding carboxylic acids is 1. The summed E-state index contributed by atoms with van der Waals surface area (Å²) in [6.07, 6.45) is 0.201. The maximum atomic E-state index is 12.1. The van der Waals surface area contributed by atoms with Gasteiger partial charge in [0.15, 0.2) is 0 Å². The molecule has 1 unspecified atom stereocenters. The highest BCUT2D eigenvalue weighted by Crippen LogP contribution is 2.28. The zero-order valence-electron chi connectivity index (χ0n) is 19.3. The quantitative estimate of drug-likeness (QED) is 0.575. The minimum Gasteiger partial charge on any atom is -0.447 e. The average molecular weight is 453 g/mol. The van der Waals surface area contributed by atoms with Crippen molar-refractivity contribution in [3.8, 4) is 11.4 Å². The molecular weight excluding hydrogens is 424 g/mol. The Morgan fingerprint density at radius 1 is 1.21 bits per heavy atom. The van der Waals surface area contributed by atoms with E-state index in [-0.39, 0.29) is 24.0 Å². The summed E-state index contributed by atoms with van der Waals surface area (Å²) in [5.74, 6) is 1.48. The number of aromatic nitrogens is 4. The van der Waals surface area contributed by atoms with Crippen LogP contribution in [-0.4, -0.2) is 50.1 Å².